The summed E-state index contributed by atoms with van der Waals surface area (Å²) in [5, 5.41) is 0. The molecule has 2 aliphatic rings. The molecule has 128 valence electrons. The van der Waals surface area contributed by atoms with Crippen LogP contribution in [0.2, 0.25) is 4.34 Å². The molecule has 0 spiro atoms. The predicted octanol–water partition coefficient (Wildman–Crippen LogP) is 2.99. The molecule has 1 aromatic heterocycles. The summed E-state index contributed by atoms with van der Waals surface area (Å²) in [7, 11) is -3.54. The molecule has 1 saturated heterocycles. The Bertz CT molecular complexity index is 860. The molecular weight excluding hydrogens is 368 g/mol. The maximum Gasteiger partial charge on any atom is 0.273 e. The van der Waals surface area contributed by atoms with Gasteiger partial charge in [0.2, 0.25) is 0 Å². The van der Waals surface area contributed by atoms with Crippen molar-refractivity contribution in [3.05, 3.63) is 40.2 Å². The van der Waals surface area contributed by atoms with E-state index >= 15 is 0 Å². The number of fused-ring (bicyclic) bond motifs is 1. The lowest BCUT2D eigenvalue weighted by molar-refractivity contribution is 0.122. The van der Waals surface area contributed by atoms with E-state index < -0.39 is 10.0 Å². The van der Waals surface area contributed by atoms with Crippen LogP contribution in [0.15, 0.2) is 34.5 Å². The minimum Gasteiger partial charge on any atom is -0.378 e. The number of rotatable bonds is 3. The van der Waals surface area contributed by atoms with Crippen molar-refractivity contribution in [3.8, 4) is 0 Å². The Morgan fingerprint density at radius 2 is 1.88 bits per heavy atom. The first kappa shape index (κ1) is 16.2. The Hall–Kier alpha value is -1.28. The van der Waals surface area contributed by atoms with E-state index in [1.54, 1.807) is 12.1 Å². The molecule has 0 radical (unpaired) electrons. The van der Waals surface area contributed by atoms with E-state index in [1.807, 2.05) is 12.1 Å². The number of anilines is 2. The summed E-state index contributed by atoms with van der Waals surface area (Å²) in [5.41, 5.74) is 2.98. The lowest BCUT2D eigenvalue weighted by atomic mass is 10.1. The Labute approximate surface area is 150 Å². The van der Waals surface area contributed by atoms with Crippen molar-refractivity contribution in [2.24, 2.45) is 0 Å². The van der Waals surface area contributed by atoms with E-state index in [4.69, 9.17) is 16.3 Å². The highest BCUT2D eigenvalue weighted by atomic mass is 35.5. The molecule has 3 heterocycles. The van der Waals surface area contributed by atoms with Crippen molar-refractivity contribution in [1.29, 1.82) is 0 Å². The van der Waals surface area contributed by atoms with Crippen LogP contribution < -0.4 is 9.21 Å². The van der Waals surface area contributed by atoms with Crippen LogP contribution in [0.5, 0.6) is 0 Å². The fourth-order valence-electron chi connectivity index (χ4n) is 3.17. The highest BCUT2D eigenvalue weighted by Crippen LogP contribution is 2.37. The van der Waals surface area contributed by atoms with Gasteiger partial charge >= 0.3 is 0 Å². The number of ether oxygens (including phenoxy) is 1. The fourth-order valence-corrected chi connectivity index (χ4v) is 6.27. The van der Waals surface area contributed by atoms with E-state index in [-0.39, 0.29) is 4.21 Å². The number of sulfonamides is 1. The maximum atomic E-state index is 12.8. The predicted molar refractivity (Wildman–Crippen MR) is 97.0 cm³/mol. The van der Waals surface area contributed by atoms with Crippen LogP contribution in [-0.2, 0) is 21.2 Å². The topological polar surface area (TPSA) is 49.9 Å². The number of hydrogen-bond acceptors (Lipinski definition) is 5. The van der Waals surface area contributed by atoms with Gasteiger partial charge in [0.05, 0.1) is 23.2 Å². The molecule has 0 saturated carbocycles. The second kappa shape index (κ2) is 6.22. The third kappa shape index (κ3) is 2.79. The Morgan fingerprint density at radius 1 is 1.08 bits per heavy atom. The van der Waals surface area contributed by atoms with Gasteiger partial charge in [-0.3, -0.25) is 4.31 Å². The van der Waals surface area contributed by atoms with E-state index in [0.29, 0.717) is 10.9 Å². The molecule has 1 aromatic carbocycles. The summed E-state index contributed by atoms with van der Waals surface area (Å²) in [6, 6.07) is 9.22. The van der Waals surface area contributed by atoms with Crippen LogP contribution in [0.3, 0.4) is 0 Å². The normalized spacial score (nSPS) is 18.0. The molecule has 2 aliphatic heterocycles. The summed E-state index contributed by atoms with van der Waals surface area (Å²) in [4.78, 5) is 2.28. The van der Waals surface area contributed by atoms with Crippen molar-refractivity contribution in [2.75, 3.05) is 42.1 Å². The van der Waals surface area contributed by atoms with Gasteiger partial charge in [0.1, 0.15) is 4.21 Å². The Kier molecular flexibility index (Phi) is 4.20. The summed E-state index contributed by atoms with van der Waals surface area (Å²) in [5.74, 6) is 0. The third-order valence-corrected chi connectivity index (χ3v) is 7.90. The molecule has 24 heavy (non-hydrogen) atoms. The first-order valence-electron chi connectivity index (χ1n) is 7.79. The zero-order valence-electron chi connectivity index (χ0n) is 12.9. The molecule has 0 aliphatic carbocycles. The number of morpholine rings is 1. The summed E-state index contributed by atoms with van der Waals surface area (Å²) >= 11 is 7.00. The minimum atomic E-state index is -3.54. The average Bonchev–Trinajstić information content (AvgIpc) is 3.22. The minimum absolute atomic E-state index is 0.289. The van der Waals surface area contributed by atoms with Gasteiger partial charge in [-0.15, -0.1) is 11.3 Å². The van der Waals surface area contributed by atoms with E-state index in [9.17, 15) is 8.42 Å². The highest BCUT2D eigenvalue weighted by molar-refractivity contribution is 7.94. The van der Waals surface area contributed by atoms with Gasteiger partial charge in [0, 0.05) is 25.3 Å². The maximum absolute atomic E-state index is 12.8. The molecule has 0 N–H and O–H groups in total. The van der Waals surface area contributed by atoms with Crippen LogP contribution >= 0.6 is 22.9 Å². The van der Waals surface area contributed by atoms with Gasteiger partial charge in [-0.1, -0.05) is 11.6 Å². The van der Waals surface area contributed by atoms with Crippen molar-refractivity contribution < 1.29 is 13.2 Å². The van der Waals surface area contributed by atoms with Crippen LogP contribution in [0.4, 0.5) is 11.4 Å². The van der Waals surface area contributed by atoms with Crippen LogP contribution in [0.1, 0.15) is 5.56 Å². The number of hydrogen-bond donors (Lipinski definition) is 0. The second-order valence-electron chi connectivity index (χ2n) is 5.80. The van der Waals surface area contributed by atoms with Crippen LogP contribution in [-0.4, -0.2) is 41.3 Å². The van der Waals surface area contributed by atoms with Crippen LogP contribution in [0.25, 0.3) is 0 Å². The van der Waals surface area contributed by atoms with Crippen molar-refractivity contribution in [1.82, 2.24) is 0 Å². The summed E-state index contributed by atoms with van der Waals surface area (Å²) in [6.45, 7) is 3.68. The molecule has 0 amide bonds. The van der Waals surface area contributed by atoms with Gasteiger partial charge in [0.25, 0.3) is 10.0 Å². The van der Waals surface area contributed by atoms with E-state index in [1.165, 1.54) is 4.31 Å². The molecule has 4 rings (SSSR count). The number of nitrogens with zero attached hydrogens (tertiary/aromatic N) is 2. The first-order valence-corrected chi connectivity index (χ1v) is 10.4. The van der Waals surface area contributed by atoms with E-state index in [2.05, 4.69) is 11.0 Å². The SMILES string of the molecule is O=S(=O)(c1ccc(Cl)s1)N1CCc2cc(N3CCOCC3)ccc21. The third-order valence-electron chi connectivity index (χ3n) is 4.39. The molecule has 8 heteroatoms. The van der Waals surface area contributed by atoms with Gasteiger partial charge in [-0.25, -0.2) is 8.42 Å². The van der Waals surface area contributed by atoms with Crippen molar-refractivity contribution in [2.45, 2.75) is 10.6 Å². The van der Waals surface area contributed by atoms with Gasteiger partial charge in [-0.05, 0) is 42.3 Å². The summed E-state index contributed by atoms with van der Waals surface area (Å²) < 4.78 is 33.3. The summed E-state index contributed by atoms with van der Waals surface area (Å²) in [6.07, 6.45) is 0.728. The largest absolute Gasteiger partial charge is 0.378 e. The second-order valence-corrected chi connectivity index (χ2v) is 9.60. The lowest BCUT2D eigenvalue weighted by Crippen LogP contribution is -2.36. The van der Waals surface area contributed by atoms with Gasteiger partial charge in [0.15, 0.2) is 0 Å². The zero-order valence-corrected chi connectivity index (χ0v) is 15.3. The molecule has 1 fully saturated rings. The molecule has 0 unspecified atom stereocenters. The Balaban J connectivity index is 1.65. The molecule has 2 aromatic rings. The number of thiophene rings is 1. The Morgan fingerprint density at radius 3 is 2.58 bits per heavy atom. The zero-order chi connectivity index (χ0) is 16.7. The highest BCUT2D eigenvalue weighted by Gasteiger charge is 2.32. The van der Waals surface area contributed by atoms with Crippen molar-refractivity contribution in [3.63, 3.8) is 0 Å². The number of halogens is 1. The molecule has 0 atom stereocenters. The van der Waals surface area contributed by atoms with Gasteiger partial charge in [-0.2, -0.15) is 0 Å². The average molecular weight is 385 g/mol. The smallest absolute Gasteiger partial charge is 0.273 e. The van der Waals surface area contributed by atoms with Gasteiger partial charge < -0.3 is 9.64 Å². The molecular formula is C16H17ClN2O3S2. The monoisotopic (exact) mass is 384 g/mol. The van der Waals surface area contributed by atoms with Crippen molar-refractivity contribution >= 4 is 44.3 Å². The fraction of sp³-hybridized carbons (Fsp3) is 0.375. The van der Waals surface area contributed by atoms with Crippen LogP contribution in [0, 0.1) is 0 Å². The molecule has 5 nitrogen and oxygen atoms in total. The number of benzene rings is 1. The first-order chi connectivity index (χ1) is 11.6. The molecule has 0 bridgehead atoms. The quantitative estimate of drug-likeness (QED) is 0.816. The lowest BCUT2D eigenvalue weighted by Gasteiger charge is -2.29. The standard InChI is InChI=1S/C16H17ClN2O3S2/c17-15-3-4-16(23-15)24(20,21)19-6-5-12-11-13(1-2-14(12)19)18-7-9-22-10-8-18/h1-4,11H,5-10H2. The van der Waals surface area contributed by atoms with E-state index in [0.717, 1.165) is 61.0 Å².